The molecule has 4 rings (SSSR count). The summed E-state index contributed by atoms with van der Waals surface area (Å²) in [4.78, 5) is 33.6. The van der Waals surface area contributed by atoms with Crippen LogP contribution in [0.25, 0.3) is 16.7 Å². The van der Waals surface area contributed by atoms with Crippen LogP contribution < -0.4 is 5.56 Å². The number of carbonyl (C=O) groups is 1. The van der Waals surface area contributed by atoms with Crippen LogP contribution in [0.2, 0.25) is 5.15 Å². The predicted molar refractivity (Wildman–Crippen MR) is 122 cm³/mol. The third-order valence-corrected chi connectivity index (χ3v) is 5.56. The molecular weight excluding hydrogens is 432 g/mol. The largest absolute Gasteiger partial charge is 0.444 e. The van der Waals surface area contributed by atoms with Crippen molar-refractivity contribution in [1.82, 2.24) is 19.4 Å². The first kappa shape index (κ1) is 22.4. The molecule has 1 unspecified atom stereocenters. The number of ether oxygens (including phenoxy) is 2. The number of halogens is 1. The number of nitrogens with zero attached hydrogens (tertiary/aromatic N) is 3. The van der Waals surface area contributed by atoms with E-state index in [0.717, 1.165) is 11.3 Å². The van der Waals surface area contributed by atoms with E-state index in [1.807, 2.05) is 58.9 Å². The minimum atomic E-state index is -0.592. The van der Waals surface area contributed by atoms with Crippen LogP contribution in [0.5, 0.6) is 0 Å². The van der Waals surface area contributed by atoms with E-state index in [2.05, 4.69) is 9.97 Å². The molecule has 1 saturated heterocycles. The van der Waals surface area contributed by atoms with Gasteiger partial charge < -0.3 is 14.5 Å². The third kappa shape index (κ3) is 4.38. The first-order valence-electron chi connectivity index (χ1n) is 10.4. The predicted octanol–water partition coefficient (Wildman–Crippen LogP) is 4.45. The summed E-state index contributed by atoms with van der Waals surface area (Å²) in [5.41, 5.74) is 0.836. The maximum absolute atomic E-state index is 12.9. The summed E-state index contributed by atoms with van der Waals surface area (Å²) in [5.74, 6) is 0. The van der Waals surface area contributed by atoms with Gasteiger partial charge in [0.2, 0.25) is 0 Å². The highest BCUT2D eigenvalue weighted by atomic mass is 35.5. The summed E-state index contributed by atoms with van der Waals surface area (Å²) >= 11 is 6.40. The lowest BCUT2D eigenvalue weighted by Gasteiger charge is -2.44. The molecular formula is C23H27ClN4O4. The number of hydrogen-bond donors (Lipinski definition) is 1. The second-order valence-corrected chi connectivity index (χ2v) is 9.94. The van der Waals surface area contributed by atoms with Crippen LogP contribution in [-0.4, -0.2) is 49.9 Å². The summed E-state index contributed by atoms with van der Waals surface area (Å²) < 4.78 is 13.4. The average molecular weight is 459 g/mol. The molecule has 1 fully saturated rings. The maximum atomic E-state index is 12.9. The van der Waals surface area contributed by atoms with Gasteiger partial charge in [-0.25, -0.2) is 9.78 Å². The average Bonchev–Trinajstić information content (AvgIpc) is 3.04. The van der Waals surface area contributed by atoms with Crippen molar-refractivity contribution in [1.29, 1.82) is 0 Å². The van der Waals surface area contributed by atoms with Crippen molar-refractivity contribution in [2.45, 2.75) is 51.9 Å². The van der Waals surface area contributed by atoms with Crippen molar-refractivity contribution in [3.8, 4) is 5.69 Å². The van der Waals surface area contributed by atoms with Gasteiger partial charge in [0.15, 0.2) is 5.65 Å². The molecule has 32 heavy (non-hydrogen) atoms. The molecule has 3 heterocycles. The van der Waals surface area contributed by atoms with Crippen molar-refractivity contribution in [2.75, 3.05) is 13.2 Å². The molecule has 1 atom stereocenters. The summed E-state index contributed by atoms with van der Waals surface area (Å²) in [6, 6.07) is 8.93. The third-order valence-electron chi connectivity index (χ3n) is 5.28. The highest BCUT2D eigenvalue weighted by molar-refractivity contribution is 6.31. The molecule has 0 saturated carbocycles. The van der Waals surface area contributed by atoms with Gasteiger partial charge in [-0.2, -0.15) is 0 Å². The number of aromatic amines is 1. The van der Waals surface area contributed by atoms with Crippen molar-refractivity contribution in [3.05, 3.63) is 57.7 Å². The summed E-state index contributed by atoms with van der Waals surface area (Å²) in [5, 5.41) is 0.802. The van der Waals surface area contributed by atoms with E-state index < -0.39 is 11.2 Å². The molecule has 1 amide bonds. The Bertz CT molecular complexity index is 1210. The van der Waals surface area contributed by atoms with Gasteiger partial charge in [0, 0.05) is 5.69 Å². The van der Waals surface area contributed by atoms with Gasteiger partial charge in [0.1, 0.15) is 10.8 Å². The van der Waals surface area contributed by atoms with Crippen LogP contribution in [-0.2, 0) is 9.47 Å². The van der Waals surface area contributed by atoms with E-state index in [0.29, 0.717) is 29.3 Å². The van der Waals surface area contributed by atoms with Gasteiger partial charge in [0.05, 0.1) is 36.5 Å². The first-order chi connectivity index (χ1) is 15.0. The topological polar surface area (TPSA) is 89.5 Å². The van der Waals surface area contributed by atoms with Crippen LogP contribution in [0.4, 0.5) is 4.79 Å². The van der Waals surface area contributed by atoms with E-state index in [1.165, 1.54) is 6.33 Å². The number of H-pyrrole nitrogens is 1. The molecule has 0 bridgehead atoms. The standard InChI is InChI=1S/C23H27ClN4O4/c1-22(2,3)32-21(30)27-12-23(4,5)31-11-17(27)14-6-8-15(9-7-14)28-18(24)10-16-19(28)25-13-26-20(16)29/h6-10,13,17H,11-12H2,1-5H3,(H,25,26,29). The number of hydrogen-bond acceptors (Lipinski definition) is 5. The molecule has 2 aromatic heterocycles. The quantitative estimate of drug-likeness (QED) is 0.612. The van der Waals surface area contributed by atoms with Gasteiger partial charge >= 0.3 is 6.09 Å². The lowest BCUT2D eigenvalue weighted by atomic mass is 9.99. The molecule has 1 aliphatic heterocycles. The molecule has 3 aromatic rings. The number of nitrogens with one attached hydrogen (secondary N) is 1. The SMILES string of the molecule is CC(C)(C)OC(=O)N1CC(C)(C)OCC1c1ccc(-n2c(Cl)cc3c(=O)[nH]cnc32)cc1. The summed E-state index contributed by atoms with van der Waals surface area (Å²) in [6.45, 7) is 10.2. The monoisotopic (exact) mass is 458 g/mol. The number of rotatable bonds is 2. The fourth-order valence-corrected chi connectivity index (χ4v) is 4.12. The van der Waals surface area contributed by atoms with Crippen LogP contribution >= 0.6 is 11.6 Å². The Morgan fingerprint density at radius 3 is 2.62 bits per heavy atom. The summed E-state index contributed by atoms with van der Waals surface area (Å²) in [7, 11) is 0. The Kier molecular flexibility index (Phi) is 5.55. The van der Waals surface area contributed by atoms with E-state index in [9.17, 15) is 9.59 Å². The smallest absolute Gasteiger partial charge is 0.410 e. The van der Waals surface area contributed by atoms with Crippen LogP contribution in [0, 0.1) is 0 Å². The number of aromatic nitrogens is 3. The van der Waals surface area contributed by atoms with Gasteiger partial charge in [0.25, 0.3) is 5.56 Å². The van der Waals surface area contributed by atoms with Crippen molar-refractivity contribution >= 4 is 28.7 Å². The second-order valence-electron chi connectivity index (χ2n) is 9.56. The maximum Gasteiger partial charge on any atom is 0.410 e. The molecule has 1 N–H and O–H groups in total. The zero-order valence-corrected chi connectivity index (χ0v) is 19.6. The number of carbonyl (C=O) groups excluding carboxylic acids is 1. The Hall–Kier alpha value is -2.84. The van der Waals surface area contributed by atoms with Gasteiger partial charge in [-0.3, -0.25) is 14.3 Å². The zero-order valence-electron chi connectivity index (χ0n) is 18.8. The Balaban J connectivity index is 1.67. The summed E-state index contributed by atoms with van der Waals surface area (Å²) in [6.07, 6.45) is 0.983. The van der Waals surface area contributed by atoms with Crippen LogP contribution in [0.15, 0.2) is 41.5 Å². The fraction of sp³-hybridized carbons (Fsp3) is 0.435. The molecule has 1 aromatic carbocycles. The second kappa shape index (κ2) is 7.94. The highest BCUT2D eigenvalue weighted by Gasteiger charge is 2.39. The molecule has 0 aliphatic carbocycles. The number of benzene rings is 1. The van der Waals surface area contributed by atoms with E-state index in [-0.39, 0.29) is 17.7 Å². The number of fused-ring (bicyclic) bond motifs is 1. The van der Waals surface area contributed by atoms with Crippen molar-refractivity contribution in [2.24, 2.45) is 0 Å². The van der Waals surface area contributed by atoms with Gasteiger partial charge in [-0.1, -0.05) is 23.7 Å². The normalized spacial score (nSPS) is 18.7. The molecule has 0 spiro atoms. The van der Waals surface area contributed by atoms with Crippen molar-refractivity contribution in [3.63, 3.8) is 0 Å². The van der Waals surface area contributed by atoms with Crippen LogP contribution in [0.1, 0.15) is 46.2 Å². The van der Waals surface area contributed by atoms with Gasteiger partial charge in [-0.05, 0) is 58.4 Å². The first-order valence-corrected chi connectivity index (χ1v) is 10.8. The number of amides is 1. The fourth-order valence-electron chi connectivity index (χ4n) is 3.83. The Morgan fingerprint density at radius 2 is 1.97 bits per heavy atom. The Morgan fingerprint density at radius 1 is 1.28 bits per heavy atom. The van der Waals surface area contributed by atoms with E-state index >= 15 is 0 Å². The molecule has 1 aliphatic rings. The molecule has 0 radical (unpaired) electrons. The molecule has 170 valence electrons. The highest BCUT2D eigenvalue weighted by Crippen LogP contribution is 2.33. The lowest BCUT2D eigenvalue weighted by molar-refractivity contribution is -0.114. The van der Waals surface area contributed by atoms with Crippen molar-refractivity contribution < 1.29 is 14.3 Å². The van der Waals surface area contributed by atoms with Gasteiger partial charge in [-0.15, -0.1) is 0 Å². The molecule has 9 heteroatoms. The van der Waals surface area contributed by atoms with E-state index in [1.54, 1.807) is 15.5 Å². The molecule has 8 nitrogen and oxygen atoms in total. The van der Waals surface area contributed by atoms with E-state index in [4.69, 9.17) is 21.1 Å². The minimum Gasteiger partial charge on any atom is -0.444 e. The lowest BCUT2D eigenvalue weighted by Crippen LogP contribution is -2.53. The Labute approximate surface area is 191 Å². The zero-order chi connectivity index (χ0) is 23.3. The number of morpholine rings is 1. The minimum absolute atomic E-state index is 0.248. The van der Waals surface area contributed by atoms with Crippen LogP contribution in [0.3, 0.4) is 0 Å².